The van der Waals surface area contributed by atoms with Crippen LogP contribution in [0.15, 0.2) is 47.8 Å². The van der Waals surface area contributed by atoms with E-state index in [1.54, 1.807) is 18.3 Å². The average Bonchev–Trinajstić information content (AvgIpc) is 3.28. The summed E-state index contributed by atoms with van der Waals surface area (Å²) >= 11 is 7.89. The Morgan fingerprint density at radius 2 is 2.00 bits per heavy atom. The minimum Gasteiger partial charge on any atom is -0.449 e. The molecular weight excluding hydrogens is 386 g/mol. The summed E-state index contributed by atoms with van der Waals surface area (Å²) in [6.07, 6.45) is -0.951. The van der Waals surface area contributed by atoms with Crippen LogP contribution in [0.1, 0.15) is 27.9 Å². The number of esters is 1. The van der Waals surface area contributed by atoms with Crippen molar-refractivity contribution in [1.29, 1.82) is 0 Å². The van der Waals surface area contributed by atoms with Gasteiger partial charge in [0.2, 0.25) is 0 Å². The summed E-state index contributed by atoms with van der Waals surface area (Å²) in [6.45, 7) is 3.58. The second-order valence-corrected chi connectivity index (χ2v) is 7.23. The highest BCUT2D eigenvalue weighted by atomic mass is 35.5. The van der Waals surface area contributed by atoms with E-state index in [0.717, 1.165) is 10.6 Å². The standard InChI is InChI=1S/C19H18ClN3O3S/c1-12-16(17(20)23(22-12)14-7-4-3-5-8-14)19(25)26-13(2)18(24)21-11-15-9-6-10-27-15/h3-10,13H,11H2,1-2H3,(H,21,24)/t13-/m1/s1. The van der Waals surface area contributed by atoms with Crippen molar-refractivity contribution >= 4 is 34.8 Å². The van der Waals surface area contributed by atoms with Crippen LogP contribution in [0.5, 0.6) is 0 Å². The van der Waals surface area contributed by atoms with E-state index < -0.39 is 12.1 Å². The van der Waals surface area contributed by atoms with Gasteiger partial charge >= 0.3 is 5.97 Å². The number of aryl methyl sites for hydroxylation is 1. The van der Waals surface area contributed by atoms with Crippen LogP contribution in [0.3, 0.4) is 0 Å². The number of amides is 1. The van der Waals surface area contributed by atoms with E-state index in [1.807, 2.05) is 47.8 Å². The maximum Gasteiger partial charge on any atom is 0.344 e. The summed E-state index contributed by atoms with van der Waals surface area (Å²) in [5, 5.41) is 9.13. The summed E-state index contributed by atoms with van der Waals surface area (Å²) < 4.78 is 6.76. The van der Waals surface area contributed by atoms with Crippen LogP contribution in [0.25, 0.3) is 5.69 Å². The molecule has 0 spiro atoms. The molecule has 3 aromatic rings. The average molecular weight is 404 g/mol. The zero-order chi connectivity index (χ0) is 19.4. The molecule has 3 rings (SSSR count). The Bertz CT molecular complexity index is 939. The van der Waals surface area contributed by atoms with Gasteiger partial charge in [0.25, 0.3) is 5.91 Å². The number of carbonyl (C=O) groups is 2. The lowest BCUT2D eigenvalue weighted by molar-refractivity contribution is -0.129. The molecule has 0 saturated heterocycles. The van der Waals surface area contributed by atoms with Crippen LogP contribution in [0, 0.1) is 6.92 Å². The molecule has 0 aliphatic carbocycles. The summed E-state index contributed by atoms with van der Waals surface area (Å²) in [5.41, 5.74) is 1.31. The first-order valence-corrected chi connectivity index (χ1v) is 9.54. The van der Waals surface area contributed by atoms with Gasteiger partial charge in [-0.2, -0.15) is 5.10 Å². The summed E-state index contributed by atoms with van der Waals surface area (Å²) in [5.74, 6) is -1.06. The van der Waals surface area contributed by atoms with Crippen LogP contribution >= 0.6 is 22.9 Å². The Hall–Kier alpha value is -2.64. The number of hydrogen-bond donors (Lipinski definition) is 1. The number of para-hydroxylation sites is 1. The summed E-state index contributed by atoms with van der Waals surface area (Å²) in [4.78, 5) is 25.7. The molecule has 0 radical (unpaired) electrons. The van der Waals surface area contributed by atoms with Crippen LogP contribution in [0.4, 0.5) is 0 Å². The molecule has 2 aromatic heterocycles. The molecule has 0 fully saturated rings. The third-order valence-electron chi connectivity index (χ3n) is 3.88. The van der Waals surface area contributed by atoms with E-state index in [4.69, 9.17) is 16.3 Å². The van der Waals surface area contributed by atoms with Gasteiger partial charge in [-0.05, 0) is 37.4 Å². The lowest BCUT2D eigenvalue weighted by atomic mass is 10.2. The number of nitrogens with zero attached hydrogens (tertiary/aromatic N) is 2. The lowest BCUT2D eigenvalue weighted by Gasteiger charge is -2.13. The van der Waals surface area contributed by atoms with E-state index >= 15 is 0 Å². The van der Waals surface area contributed by atoms with Gasteiger partial charge in [-0.25, -0.2) is 9.48 Å². The first kappa shape index (κ1) is 19.1. The quantitative estimate of drug-likeness (QED) is 0.636. The largest absolute Gasteiger partial charge is 0.449 e. The second kappa shape index (κ2) is 8.37. The predicted molar refractivity (Wildman–Crippen MR) is 104 cm³/mol. The van der Waals surface area contributed by atoms with E-state index in [0.29, 0.717) is 12.2 Å². The lowest BCUT2D eigenvalue weighted by Crippen LogP contribution is -2.35. The topological polar surface area (TPSA) is 73.2 Å². The first-order chi connectivity index (χ1) is 13.0. The monoisotopic (exact) mass is 403 g/mol. The normalized spacial score (nSPS) is 11.8. The fourth-order valence-corrected chi connectivity index (χ4v) is 3.47. The molecule has 27 heavy (non-hydrogen) atoms. The Labute approximate surface area is 165 Å². The van der Waals surface area contributed by atoms with Gasteiger partial charge in [-0.3, -0.25) is 4.79 Å². The van der Waals surface area contributed by atoms with Crippen LogP contribution in [-0.4, -0.2) is 27.8 Å². The van der Waals surface area contributed by atoms with E-state index in [-0.39, 0.29) is 16.6 Å². The highest BCUT2D eigenvalue weighted by Crippen LogP contribution is 2.24. The number of carbonyl (C=O) groups excluding carboxylic acids is 2. The maximum absolute atomic E-state index is 12.5. The van der Waals surface area contributed by atoms with Crippen molar-refractivity contribution in [2.24, 2.45) is 0 Å². The SMILES string of the molecule is Cc1nn(-c2ccccc2)c(Cl)c1C(=O)O[C@H](C)C(=O)NCc1cccs1. The predicted octanol–water partition coefficient (Wildman–Crippen LogP) is 3.76. The summed E-state index contributed by atoms with van der Waals surface area (Å²) in [7, 11) is 0. The number of benzene rings is 1. The van der Waals surface area contributed by atoms with Gasteiger partial charge < -0.3 is 10.1 Å². The third kappa shape index (κ3) is 4.37. The van der Waals surface area contributed by atoms with Crippen molar-refractivity contribution in [3.05, 3.63) is 69.1 Å². The van der Waals surface area contributed by atoms with Crippen LogP contribution in [0.2, 0.25) is 5.15 Å². The molecule has 1 atom stereocenters. The fourth-order valence-electron chi connectivity index (χ4n) is 2.48. The Kier molecular flexibility index (Phi) is 5.93. The van der Waals surface area contributed by atoms with Gasteiger partial charge in [-0.1, -0.05) is 35.9 Å². The first-order valence-electron chi connectivity index (χ1n) is 8.29. The molecule has 6 nitrogen and oxygen atoms in total. The third-order valence-corrected chi connectivity index (χ3v) is 5.10. The van der Waals surface area contributed by atoms with E-state index in [9.17, 15) is 9.59 Å². The molecule has 2 heterocycles. The number of halogens is 1. The second-order valence-electron chi connectivity index (χ2n) is 5.84. The van der Waals surface area contributed by atoms with Crippen LogP contribution in [-0.2, 0) is 16.1 Å². The minimum absolute atomic E-state index is 0.148. The molecule has 0 saturated carbocycles. The zero-order valence-electron chi connectivity index (χ0n) is 14.8. The molecule has 0 unspecified atom stereocenters. The number of aromatic nitrogens is 2. The molecule has 1 amide bonds. The van der Waals surface area contributed by atoms with Crippen molar-refractivity contribution in [3.8, 4) is 5.69 Å². The van der Waals surface area contributed by atoms with Crippen molar-refractivity contribution in [2.75, 3.05) is 0 Å². The Balaban J connectivity index is 1.68. The highest BCUT2D eigenvalue weighted by molar-refractivity contribution is 7.09. The molecule has 8 heteroatoms. The van der Waals surface area contributed by atoms with Crippen molar-refractivity contribution < 1.29 is 14.3 Å². The van der Waals surface area contributed by atoms with E-state index in [2.05, 4.69) is 10.4 Å². The molecule has 0 aliphatic heterocycles. The molecule has 1 N–H and O–H groups in total. The Morgan fingerprint density at radius 1 is 1.26 bits per heavy atom. The van der Waals surface area contributed by atoms with Crippen molar-refractivity contribution in [1.82, 2.24) is 15.1 Å². The van der Waals surface area contributed by atoms with E-state index in [1.165, 1.54) is 11.6 Å². The number of thiophene rings is 1. The highest BCUT2D eigenvalue weighted by Gasteiger charge is 2.26. The summed E-state index contributed by atoms with van der Waals surface area (Å²) in [6, 6.07) is 13.1. The maximum atomic E-state index is 12.5. The van der Waals surface area contributed by atoms with Gasteiger partial charge in [-0.15, -0.1) is 11.3 Å². The molecule has 0 bridgehead atoms. The fraction of sp³-hybridized carbons (Fsp3) is 0.211. The molecular formula is C19H18ClN3O3S. The van der Waals surface area contributed by atoms with Crippen molar-refractivity contribution in [2.45, 2.75) is 26.5 Å². The number of nitrogens with one attached hydrogen (secondary N) is 1. The number of hydrogen-bond acceptors (Lipinski definition) is 5. The molecule has 140 valence electrons. The molecule has 1 aromatic carbocycles. The van der Waals surface area contributed by atoms with Gasteiger partial charge in [0.1, 0.15) is 10.7 Å². The minimum atomic E-state index is -0.951. The zero-order valence-corrected chi connectivity index (χ0v) is 16.4. The Morgan fingerprint density at radius 3 is 2.67 bits per heavy atom. The van der Waals surface area contributed by atoms with Gasteiger partial charge in [0.05, 0.1) is 17.9 Å². The van der Waals surface area contributed by atoms with Gasteiger partial charge in [0.15, 0.2) is 6.10 Å². The van der Waals surface area contributed by atoms with Crippen LogP contribution < -0.4 is 5.32 Å². The van der Waals surface area contributed by atoms with Gasteiger partial charge in [0, 0.05) is 4.88 Å². The smallest absolute Gasteiger partial charge is 0.344 e. The van der Waals surface area contributed by atoms with Crippen molar-refractivity contribution in [3.63, 3.8) is 0 Å². The molecule has 0 aliphatic rings. The number of ether oxygens (including phenoxy) is 1. The number of rotatable bonds is 6.